The number of amides is 1. The lowest BCUT2D eigenvalue weighted by atomic mass is 10.2. The minimum Gasteiger partial charge on any atom is -0.491 e. The zero-order chi connectivity index (χ0) is 13.7. The molecule has 1 rings (SSSR count). The largest absolute Gasteiger partial charge is 0.491 e. The predicted octanol–water partition coefficient (Wildman–Crippen LogP) is 3.52. The van der Waals surface area contributed by atoms with E-state index >= 15 is 0 Å². The van der Waals surface area contributed by atoms with Gasteiger partial charge in [0.1, 0.15) is 0 Å². The molecule has 0 aliphatic heterocycles. The third-order valence-electron chi connectivity index (χ3n) is 1.93. The second-order valence-corrected chi connectivity index (χ2v) is 4.52. The second-order valence-electron chi connectivity index (χ2n) is 3.70. The van der Waals surface area contributed by atoms with Gasteiger partial charge in [-0.3, -0.25) is 4.79 Å². The summed E-state index contributed by atoms with van der Waals surface area (Å²) in [6.45, 7) is 5.83. The summed E-state index contributed by atoms with van der Waals surface area (Å²) in [4.78, 5) is 11.7. The van der Waals surface area contributed by atoms with E-state index in [0.717, 1.165) is 5.71 Å². The Balaban J connectivity index is 2.99. The summed E-state index contributed by atoms with van der Waals surface area (Å²) in [5, 5.41) is 4.41. The van der Waals surface area contributed by atoms with Gasteiger partial charge < -0.3 is 4.74 Å². The fourth-order valence-electron chi connectivity index (χ4n) is 1.20. The summed E-state index contributed by atoms with van der Waals surface area (Å²) >= 11 is 12.0. The van der Waals surface area contributed by atoms with Crippen LogP contribution in [-0.4, -0.2) is 18.2 Å². The summed E-state index contributed by atoms with van der Waals surface area (Å²) in [6.07, 6.45) is 0. The molecule has 0 saturated carbocycles. The van der Waals surface area contributed by atoms with Crippen molar-refractivity contribution in [2.75, 3.05) is 6.61 Å². The first-order chi connectivity index (χ1) is 8.45. The van der Waals surface area contributed by atoms with Gasteiger partial charge in [-0.1, -0.05) is 23.2 Å². The van der Waals surface area contributed by atoms with Crippen molar-refractivity contribution < 1.29 is 9.53 Å². The number of hydrogen-bond acceptors (Lipinski definition) is 3. The average Bonchev–Trinajstić information content (AvgIpc) is 2.30. The highest BCUT2D eigenvalue weighted by atomic mass is 35.5. The summed E-state index contributed by atoms with van der Waals surface area (Å²) < 4.78 is 5.28. The molecule has 1 aromatic carbocycles. The maximum Gasteiger partial charge on any atom is 0.271 e. The van der Waals surface area contributed by atoms with Crippen molar-refractivity contribution in [1.82, 2.24) is 5.43 Å². The summed E-state index contributed by atoms with van der Waals surface area (Å²) in [5.41, 5.74) is 3.47. The molecule has 18 heavy (non-hydrogen) atoms. The Bertz CT molecular complexity index is 460. The second kappa shape index (κ2) is 6.61. The molecule has 0 fully saturated rings. The number of carbonyl (C=O) groups excluding carboxylic acids is 1. The topological polar surface area (TPSA) is 50.7 Å². The minimum atomic E-state index is -0.372. The van der Waals surface area contributed by atoms with E-state index in [-0.39, 0.29) is 5.91 Å². The SMILES string of the molecule is CCOc1c(Cl)cc(C(=O)NN=C(C)C)cc1Cl. The summed E-state index contributed by atoms with van der Waals surface area (Å²) in [7, 11) is 0. The zero-order valence-corrected chi connectivity index (χ0v) is 11.9. The van der Waals surface area contributed by atoms with Gasteiger partial charge in [0.25, 0.3) is 5.91 Å². The number of nitrogens with one attached hydrogen (secondary N) is 1. The fourth-order valence-corrected chi connectivity index (χ4v) is 1.80. The molecule has 4 nitrogen and oxygen atoms in total. The van der Waals surface area contributed by atoms with Crippen LogP contribution < -0.4 is 10.2 Å². The molecule has 0 aromatic heterocycles. The molecule has 0 saturated heterocycles. The molecule has 0 heterocycles. The number of hydrogen-bond donors (Lipinski definition) is 1. The molecule has 0 aliphatic carbocycles. The van der Waals surface area contributed by atoms with Crippen LogP contribution in [0.4, 0.5) is 0 Å². The van der Waals surface area contributed by atoms with Crippen molar-refractivity contribution in [3.05, 3.63) is 27.7 Å². The normalized spacial score (nSPS) is 9.83. The van der Waals surface area contributed by atoms with Crippen LogP contribution in [0.15, 0.2) is 17.2 Å². The number of halogens is 2. The molecule has 0 spiro atoms. The van der Waals surface area contributed by atoms with Crippen molar-refractivity contribution in [2.24, 2.45) is 5.10 Å². The molecular weight excluding hydrogens is 275 g/mol. The number of nitrogens with zero attached hydrogens (tertiary/aromatic N) is 1. The first-order valence-corrected chi connectivity index (χ1v) is 6.14. The number of benzene rings is 1. The first kappa shape index (κ1) is 14.8. The first-order valence-electron chi connectivity index (χ1n) is 5.38. The van der Waals surface area contributed by atoms with Gasteiger partial charge in [-0.2, -0.15) is 5.10 Å². The Hall–Kier alpha value is -1.26. The molecule has 6 heteroatoms. The lowest BCUT2D eigenvalue weighted by Gasteiger charge is -2.09. The van der Waals surface area contributed by atoms with Crippen molar-refractivity contribution in [3.8, 4) is 5.75 Å². The van der Waals surface area contributed by atoms with Gasteiger partial charge in [-0.25, -0.2) is 5.43 Å². The van der Waals surface area contributed by atoms with Crippen LogP contribution in [0.3, 0.4) is 0 Å². The van der Waals surface area contributed by atoms with E-state index in [0.29, 0.717) is 28.0 Å². The van der Waals surface area contributed by atoms with E-state index in [2.05, 4.69) is 10.5 Å². The maximum atomic E-state index is 11.7. The zero-order valence-electron chi connectivity index (χ0n) is 10.4. The molecule has 0 radical (unpaired) electrons. The van der Waals surface area contributed by atoms with Crippen LogP contribution in [0.25, 0.3) is 0 Å². The lowest BCUT2D eigenvalue weighted by Crippen LogP contribution is -2.18. The highest BCUT2D eigenvalue weighted by Gasteiger charge is 2.13. The van der Waals surface area contributed by atoms with Gasteiger partial charge in [0.2, 0.25) is 0 Å². The molecule has 1 amide bonds. The van der Waals surface area contributed by atoms with E-state index in [9.17, 15) is 4.79 Å². The molecule has 0 bridgehead atoms. The van der Waals surface area contributed by atoms with Gasteiger partial charge in [-0.05, 0) is 32.9 Å². The molecule has 98 valence electrons. The molecule has 1 aromatic rings. The van der Waals surface area contributed by atoms with Crippen molar-refractivity contribution in [1.29, 1.82) is 0 Å². The van der Waals surface area contributed by atoms with Crippen LogP contribution in [0, 0.1) is 0 Å². The Labute approximate surface area is 116 Å². The van der Waals surface area contributed by atoms with E-state index in [1.807, 2.05) is 6.92 Å². The maximum absolute atomic E-state index is 11.7. The van der Waals surface area contributed by atoms with Crippen molar-refractivity contribution >= 4 is 34.8 Å². The standard InChI is InChI=1S/C12H14Cl2N2O2/c1-4-18-11-9(13)5-8(6-10(11)14)12(17)16-15-7(2)3/h5-6H,4H2,1-3H3,(H,16,17). The van der Waals surface area contributed by atoms with Crippen LogP contribution in [0.1, 0.15) is 31.1 Å². The van der Waals surface area contributed by atoms with Crippen LogP contribution in [-0.2, 0) is 0 Å². The highest BCUT2D eigenvalue weighted by Crippen LogP contribution is 2.34. The van der Waals surface area contributed by atoms with Gasteiger partial charge in [0.05, 0.1) is 16.7 Å². The van der Waals surface area contributed by atoms with E-state index in [1.165, 1.54) is 12.1 Å². The van der Waals surface area contributed by atoms with Gasteiger partial charge in [-0.15, -0.1) is 0 Å². The lowest BCUT2D eigenvalue weighted by molar-refractivity contribution is 0.0954. The van der Waals surface area contributed by atoms with Gasteiger partial charge in [0.15, 0.2) is 5.75 Å². The number of ether oxygens (including phenoxy) is 1. The van der Waals surface area contributed by atoms with Crippen LogP contribution in [0.2, 0.25) is 10.0 Å². The summed E-state index contributed by atoms with van der Waals surface area (Å²) in [5.74, 6) is 0.00982. The number of rotatable bonds is 4. The smallest absolute Gasteiger partial charge is 0.271 e. The van der Waals surface area contributed by atoms with Gasteiger partial charge in [0, 0.05) is 11.3 Å². The minimum absolute atomic E-state index is 0.298. The predicted molar refractivity (Wildman–Crippen MR) is 73.9 cm³/mol. The van der Waals surface area contributed by atoms with Gasteiger partial charge >= 0.3 is 0 Å². The van der Waals surface area contributed by atoms with Crippen LogP contribution in [0.5, 0.6) is 5.75 Å². The van der Waals surface area contributed by atoms with Crippen molar-refractivity contribution in [2.45, 2.75) is 20.8 Å². The van der Waals surface area contributed by atoms with Crippen molar-refractivity contribution in [3.63, 3.8) is 0 Å². The Morgan fingerprint density at radius 3 is 2.33 bits per heavy atom. The fraction of sp³-hybridized carbons (Fsp3) is 0.333. The average molecular weight is 289 g/mol. The van der Waals surface area contributed by atoms with E-state index in [4.69, 9.17) is 27.9 Å². The molecule has 0 unspecified atom stereocenters. The quantitative estimate of drug-likeness (QED) is 0.681. The monoisotopic (exact) mass is 288 g/mol. The third-order valence-corrected chi connectivity index (χ3v) is 2.49. The van der Waals surface area contributed by atoms with E-state index in [1.54, 1.807) is 13.8 Å². The Kier molecular flexibility index (Phi) is 5.44. The third kappa shape index (κ3) is 3.89. The molecule has 0 aliphatic rings. The summed E-state index contributed by atoms with van der Waals surface area (Å²) in [6, 6.07) is 2.99. The Morgan fingerprint density at radius 2 is 1.89 bits per heavy atom. The Morgan fingerprint density at radius 1 is 1.33 bits per heavy atom. The highest BCUT2D eigenvalue weighted by molar-refractivity contribution is 6.37. The number of hydrazone groups is 1. The molecule has 1 N–H and O–H groups in total. The van der Waals surface area contributed by atoms with Crippen LogP contribution >= 0.6 is 23.2 Å². The molecular formula is C12H14Cl2N2O2. The number of carbonyl (C=O) groups is 1. The van der Waals surface area contributed by atoms with E-state index < -0.39 is 0 Å². The molecule has 0 atom stereocenters.